The van der Waals surface area contributed by atoms with E-state index in [-0.39, 0.29) is 17.4 Å². The Labute approximate surface area is 124 Å². The third-order valence-electron chi connectivity index (χ3n) is 3.03. The number of hydrogen-bond acceptors (Lipinski definition) is 4. The fourth-order valence-corrected chi connectivity index (χ4v) is 2.03. The summed E-state index contributed by atoms with van der Waals surface area (Å²) in [4.78, 5) is 30.2. The average Bonchev–Trinajstić information content (AvgIpc) is 2.46. The summed E-state index contributed by atoms with van der Waals surface area (Å²) in [6.07, 6.45) is 1.49. The first-order chi connectivity index (χ1) is 9.87. The van der Waals surface area contributed by atoms with Gasteiger partial charge >= 0.3 is 0 Å². The van der Waals surface area contributed by atoms with Crippen molar-refractivity contribution in [1.82, 2.24) is 15.2 Å². The first-order valence-electron chi connectivity index (χ1n) is 7.02. The molecule has 1 fully saturated rings. The van der Waals surface area contributed by atoms with Gasteiger partial charge in [0.05, 0.1) is 13.2 Å². The van der Waals surface area contributed by atoms with Crippen LogP contribution in [0.5, 0.6) is 0 Å². The van der Waals surface area contributed by atoms with Gasteiger partial charge in [-0.3, -0.25) is 14.6 Å². The Hall–Kier alpha value is -1.95. The van der Waals surface area contributed by atoms with E-state index in [1.54, 1.807) is 17.0 Å². The van der Waals surface area contributed by atoms with Crippen LogP contribution in [0.15, 0.2) is 18.3 Å². The van der Waals surface area contributed by atoms with Crippen LogP contribution in [0.4, 0.5) is 0 Å². The molecule has 1 saturated heterocycles. The summed E-state index contributed by atoms with van der Waals surface area (Å²) in [5, 5.41) is 2.87. The van der Waals surface area contributed by atoms with Gasteiger partial charge in [0.15, 0.2) is 0 Å². The predicted molar refractivity (Wildman–Crippen MR) is 78.2 cm³/mol. The number of pyridine rings is 1. The molecule has 0 unspecified atom stereocenters. The van der Waals surface area contributed by atoms with E-state index in [9.17, 15) is 9.59 Å². The van der Waals surface area contributed by atoms with E-state index in [0.29, 0.717) is 37.6 Å². The number of carbonyl (C=O) groups excluding carboxylic acids is 2. The second-order valence-electron chi connectivity index (χ2n) is 6.04. The van der Waals surface area contributed by atoms with E-state index in [1.807, 2.05) is 20.8 Å². The molecule has 2 heterocycles. The molecule has 21 heavy (non-hydrogen) atoms. The highest BCUT2D eigenvalue weighted by atomic mass is 16.5. The second kappa shape index (κ2) is 6.22. The van der Waals surface area contributed by atoms with Crippen LogP contribution in [0, 0.1) is 0 Å². The van der Waals surface area contributed by atoms with Gasteiger partial charge in [0.2, 0.25) is 0 Å². The lowest BCUT2D eigenvalue weighted by atomic mass is 10.1. The zero-order valence-electron chi connectivity index (χ0n) is 12.7. The molecular weight excluding hydrogens is 270 g/mol. The van der Waals surface area contributed by atoms with Crippen molar-refractivity contribution in [3.63, 3.8) is 0 Å². The van der Waals surface area contributed by atoms with Crippen LogP contribution in [-0.4, -0.2) is 53.5 Å². The molecule has 0 aromatic carbocycles. The van der Waals surface area contributed by atoms with Crippen molar-refractivity contribution in [2.75, 3.05) is 26.3 Å². The fraction of sp³-hybridized carbons (Fsp3) is 0.533. The molecule has 0 spiro atoms. The van der Waals surface area contributed by atoms with E-state index >= 15 is 0 Å². The molecule has 1 N–H and O–H groups in total. The van der Waals surface area contributed by atoms with Crippen molar-refractivity contribution >= 4 is 11.8 Å². The van der Waals surface area contributed by atoms with E-state index in [1.165, 1.54) is 6.20 Å². The Morgan fingerprint density at radius 2 is 1.95 bits per heavy atom. The molecular formula is C15H21N3O3. The molecule has 6 heteroatoms. The van der Waals surface area contributed by atoms with E-state index in [4.69, 9.17) is 4.74 Å². The highest BCUT2D eigenvalue weighted by Gasteiger charge is 2.21. The molecule has 0 aliphatic carbocycles. The number of ether oxygens (including phenoxy) is 1. The SMILES string of the molecule is CC(C)(C)NC(=O)c1ccnc(C(=O)N2CCOCC2)c1. The summed E-state index contributed by atoms with van der Waals surface area (Å²) in [6.45, 7) is 7.91. The zero-order valence-corrected chi connectivity index (χ0v) is 12.7. The quantitative estimate of drug-likeness (QED) is 0.885. The topological polar surface area (TPSA) is 71.5 Å². The molecule has 0 atom stereocenters. The Morgan fingerprint density at radius 1 is 1.29 bits per heavy atom. The van der Waals surface area contributed by atoms with Crippen LogP contribution < -0.4 is 5.32 Å². The lowest BCUT2D eigenvalue weighted by molar-refractivity contribution is 0.0299. The van der Waals surface area contributed by atoms with Crippen LogP contribution in [0.25, 0.3) is 0 Å². The molecule has 1 aromatic heterocycles. The van der Waals surface area contributed by atoms with Crippen LogP contribution in [0.2, 0.25) is 0 Å². The number of nitrogens with zero attached hydrogens (tertiary/aromatic N) is 2. The molecule has 1 aliphatic rings. The van der Waals surface area contributed by atoms with E-state index in [0.717, 1.165) is 0 Å². The second-order valence-corrected chi connectivity index (χ2v) is 6.04. The molecule has 1 aliphatic heterocycles. The fourth-order valence-electron chi connectivity index (χ4n) is 2.03. The van der Waals surface area contributed by atoms with Crippen LogP contribution >= 0.6 is 0 Å². The highest BCUT2D eigenvalue weighted by Crippen LogP contribution is 2.09. The van der Waals surface area contributed by atoms with Gasteiger partial charge < -0.3 is 15.0 Å². The number of hydrogen-bond donors (Lipinski definition) is 1. The Bertz CT molecular complexity index is 531. The average molecular weight is 291 g/mol. The summed E-state index contributed by atoms with van der Waals surface area (Å²) in [5.74, 6) is -0.371. The van der Waals surface area contributed by atoms with Gasteiger partial charge in [0.25, 0.3) is 11.8 Å². The number of rotatable bonds is 2. The van der Waals surface area contributed by atoms with Gasteiger partial charge in [-0.05, 0) is 32.9 Å². The summed E-state index contributed by atoms with van der Waals surface area (Å²) in [7, 11) is 0. The molecule has 0 bridgehead atoms. The molecule has 0 radical (unpaired) electrons. The number of aromatic nitrogens is 1. The minimum atomic E-state index is -0.325. The number of nitrogens with one attached hydrogen (secondary N) is 1. The number of morpholine rings is 1. The lowest BCUT2D eigenvalue weighted by Gasteiger charge is -2.26. The third kappa shape index (κ3) is 4.26. The number of carbonyl (C=O) groups is 2. The number of amides is 2. The molecule has 1 aromatic rings. The van der Waals surface area contributed by atoms with Crippen molar-refractivity contribution in [3.05, 3.63) is 29.6 Å². The van der Waals surface area contributed by atoms with Gasteiger partial charge in [0, 0.05) is 30.4 Å². The first-order valence-corrected chi connectivity index (χ1v) is 7.02. The first kappa shape index (κ1) is 15.4. The smallest absolute Gasteiger partial charge is 0.272 e. The van der Waals surface area contributed by atoms with Crippen LogP contribution in [-0.2, 0) is 4.74 Å². The van der Waals surface area contributed by atoms with Crippen molar-refractivity contribution in [2.24, 2.45) is 0 Å². The summed E-state index contributed by atoms with van der Waals surface area (Å²) in [6, 6.07) is 3.15. The monoisotopic (exact) mass is 291 g/mol. The van der Waals surface area contributed by atoms with Crippen molar-refractivity contribution in [1.29, 1.82) is 0 Å². The zero-order chi connectivity index (χ0) is 15.5. The largest absolute Gasteiger partial charge is 0.378 e. The Kier molecular flexibility index (Phi) is 4.57. The molecule has 0 saturated carbocycles. The van der Waals surface area contributed by atoms with Gasteiger partial charge in [0.1, 0.15) is 5.69 Å². The van der Waals surface area contributed by atoms with E-state index < -0.39 is 0 Å². The minimum absolute atomic E-state index is 0.163. The third-order valence-corrected chi connectivity index (χ3v) is 3.03. The lowest BCUT2D eigenvalue weighted by Crippen LogP contribution is -2.42. The predicted octanol–water partition coefficient (Wildman–Crippen LogP) is 1.08. The Morgan fingerprint density at radius 3 is 2.57 bits per heavy atom. The molecule has 2 amide bonds. The van der Waals surface area contributed by atoms with Crippen molar-refractivity contribution in [2.45, 2.75) is 26.3 Å². The maximum atomic E-state index is 12.3. The van der Waals surface area contributed by atoms with E-state index in [2.05, 4.69) is 10.3 Å². The Balaban J connectivity index is 2.13. The van der Waals surface area contributed by atoms with Gasteiger partial charge in [-0.25, -0.2) is 0 Å². The maximum absolute atomic E-state index is 12.3. The van der Waals surface area contributed by atoms with Crippen molar-refractivity contribution < 1.29 is 14.3 Å². The molecule has 114 valence electrons. The molecule has 2 rings (SSSR count). The summed E-state index contributed by atoms with van der Waals surface area (Å²) >= 11 is 0. The minimum Gasteiger partial charge on any atom is -0.378 e. The van der Waals surface area contributed by atoms with Crippen LogP contribution in [0.3, 0.4) is 0 Å². The van der Waals surface area contributed by atoms with Gasteiger partial charge in [-0.1, -0.05) is 0 Å². The highest BCUT2D eigenvalue weighted by molar-refractivity contribution is 5.98. The van der Waals surface area contributed by atoms with Crippen molar-refractivity contribution in [3.8, 4) is 0 Å². The maximum Gasteiger partial charge on any atom is 0.272 e. The van der Waals surface area contributed by atoms with Crippen LogP contribution in [0.1, 0.15) is 41.6 Å². The summed E-state index contributed by atoms with van der Waals surface area (Å²) in [5.41, 5.74) is 0.407. The summed E-state index contributed by atoms with van der Waals surface area (Å²) < 4.78 is 5.22. The van der Waals surface area contributed by atoms with Gasteiger partial charge in [-0.2, -0.15) is 0 Å². The molecule has 6 nitrogen and oxygen atoms in total. The standard InChI is InChI=1S/C15H21N3O3/c1-15(2,3)17-13(19)11-4-5-16-12(10-11)14(20)18-6-8-21-9-7-18/h4-5,10H,6-9H2,1-3H3,(H,17,19). The normalized spacial score (nSPS) is 15.7. The van der Waals surface area contributed by atoms with Gasteiger partial charge in [-0.15, -0.1) is 0 Å².